The number of carbonyl (C=O) groups excluding carboxylic acids is 1. The van der Waals surface area contributed by atoms with Crippen LogP contribution < -0.4 is 5.32 Å². The molecule has 0 aliphatic heterocycles. The Morgan fingerprint density at radius 1 is 1.26 bits per heavy atom. The maximum absolute atomic E-state index is 12.9. The third kappa shape index (κ3) is 5.03. The van der Waals surface area contributed by atoms with E-state index in [1.807, 2.05) is 0 Å². The Morgan fingerprint density at radius 2 is 1.84 bits per heavy atom. The number of nitrogens with one attached hydrogen (secondary N) is 1. The zero-order valence-electron chi connectivity index (χ0n) is 10.5. The molecule has 6 heteroatoms. The fourth-order valence-electron chi connectivity index (χ4n) is 1.52. The summed E-state index contributed by atoms with van der Waals surface area (Å²) in [7, 11) is 0. The minimum absolute atomic E-state index is 0.0937. The van der Waals surface area contributed by atoms with Crippen LogP contribution in [0.5, 0.6) is 0 Å². The Bertz CT molecular complexity index is 457. The lowest BCUT2D eigenvalue weighted by Gasteiger charge is -2.07. The van der Waals surface area contributed by atoms with E-state index >= 15 is 0 Å². The first-order chi connectivity index (χ1) is 8.90. The van der Waals surface area contributed by atoms with Crippen LogP contribution in [0.3, 0.4) is 0 Å². The minimum atomic E-state index is -0.890. The van der Waals surface area contributed by atoms with Crippen molar-refractivity contribution in [1.82, 2.24) is 5.32 Å². The molecule has 0 radical (unpaired) electrons. The summed E-state index contributed by atoms with van der Waals surface area (Å²) in [6, 6.07) is 2.57. The van der Waals surface area contributed by atoms with Crippen LogP contribution in [-0.4, -0.2) is 23.5 Å². The molecule has 1 atom stereocenters. The summed E-state index contributed by atoms with van der Waals surface area (Å²) in [5.74, 6) is -3.59. The second-order valence-corrected chi connectivity index (χ2v) is 4.30. The molecule has 0 saturated heterocycles. The maximum atomic E-state index is 12.9. The third-order valence-electron chi connectivity index (χ3n) is 2.65. The number of benzene rings is 1. The Balaban J connectivity index is 2.41. The molecular weight excluding hydrogens is 256 g/mol. The maximum Gasteiger partial charge on any atom is 0.306 e. The highest BCUT2D eigenvalue weighted by Gasteiger charge is 2.11. The molecule has 1 unspecified atom stereocenters. The standard InChI is InChI=1S/C13H15F2NO3/c1-8(13(18)19)3-2-4-16-12(17)9-5-10(14)7-11(15)6-9/h5-8H,2-4H2,1H3,(H,16,17)(H,18,19). The van der Waals surface area contributed by atoms with Gasteiger partial charge in [-0.15, -0.1) is 0 Å². The van der Waals surface area contributed by atoms with Gasteiger partial charge in [0.15, 0.2) is 0 Å². The summed E-state index contributed by atoms with van der Waals surface area (Å²) in [5.41, 5.74) is -0.0937. The SMILES string of the molecule is CC(CCCNC(=O)c1cc(F)cc(F)c1)C(=O)O. The lowest BCUT2D eigenvalue weighted by molar-refractivity contribution is -0.141. The van der Waals surface area contributed by atoms with Crippen LogP contribution in [0.15, 0.2) is 18.2 Å². The molecule has 0 fully saturated rings. The zero-order valence-corrected chi connectivity index (χ0v) is 10.5. The Morgan fingerprint density at radius 3 is 2.37 bits per heavy atom. The van der Waals surface area contributed by atoms with Crippen LogP contribution in [0.4, 0.5) is 8.78 Å². The molecular formula is C13H15F2NO3. The van der Waals surface area contributed by atoms with Crippen molar-refractivity contribution in [2.24, 2.45) is 5.92 Å². The first-order valence-corrected chi connectivity index (χ1v) is 5.87. The van der Waals surface area contributed by atoms with Gasteiger partial charge in [-0.05, 0) is 25.0 Å². The first-order valence-electron chi connectivity index (χ1n) is 5.87. The molecule has 4 nitrogen and oxygen atoms in total. The average molecular weight is 271 g/mol. The summed E-state index contributed by atoms with van der Waals surface area (Å²) in [6.45, 7) is 1.83. The van der Waals surface area contributed by atoms with Crippen molar-refractivity contribution in [3.8, 4) is 0 Å². The molecule has 1 aromatic carbocycles. The predicted molar refractivity (Wildman–Crippen MR) is 64.7 cm³/mol. The number of rotatable bonds is 6. The number of halogens is 2. The monoisotopic (exact) mass is 271 g/mol. The van der Waals surface area contributed by atoms with E-state index < -0.39 is 29.4 Å². The summed E-state index contributed by atoms with van der Waals surface area (Å²) >= 11 is 0. The number of carbonyl (C=O) groups is 2. The topological polar surface area (TPSA) is 66.4 Å². The highest BCUT2D eigenvalue weighted by atomic mass is 19.1. The van der Waals surface area contributed by atoms with Crippen molar-refractivity contribution in [1.29, 1.82) is 0 Å². The van der Waals surface area contributed by atoms with E-state index in [2.05, 4.69) is 5.32 Å². The van der Waals surface area contributed by atoms with Crippen molar-refractivity contribution in [3.63, 3.8) is 0 Å². The number of amides is 1. The number of aliphatic carboxylic acids is 1. The second kappa shape index (κ2) is 6.82. The van der Waals surface area contributed by atoms with Crippen molar-refractivity contribution < 1.29 is 23.5 Å². The van der Waals surface area contributed by atoms with Gasteiger partial charge in [0.05, 0.1) is 5.92 Å². The first kappa shape index (κ1) is 15.1. The average Bonchev–Trinajstić information content (AvgIpc) is 2.32. The summed E-state index contributed by atoms with van der Waals surface area (Å²) in [5, 5.41) is 11.1. The quantitative estimate of drug-likeness (QED) is 0.779. The van der Waals surface area contributed by atoms with E-state index in [9.17, 15) is 18.4 Å². The van der Waals surface area contributed by atoms with E-state index in [1.54, 1.807) is 6.92 Å². The van der Waals surface area contributed by atoms with E-state index in [-0.39, 0.29) is 12.1 Å². The molecule has 1 amide bonds. The molecule has 0 aliphatic carbocycles. The molecule has 0 aromatic heterocycles. The molecule has 104 valence electrons. The van der Waals surface area contributed by atoms with Crippen molar-refractivity contribution >= 4 is 11.9 Å². The molecule has 1 rings (SSSR count). The van der Waals surface area contributed by atoms with Gasteiger partial charge in [0.1, 0.15) is 11.6 Å². The molecule has 0 spiro atoms. The zero-order chi connectivity index (χ0) is 14.4. The van der Waals surface area contributed by atoms with Gasteiger partial charge < -0.3 is 10.4 Å². The van der Waals surface area contributed by atoms with Crippen LogP contribution in [-0.2, 0) is 4.79 Å². The summed E-state index contributed by atoms with van der Waals surface area (Å²) in [4.78, 5) is 22.1. The van der Waals surface area contributed by atoms with Gasteiger partial charge in [-0.2, -0.15) is 0 Å². The van der Waals surface area contributed by atoms with E-state index in [0.29, 0.717) is 18.9 Å². The highest BCUT2D eigenvalue weighted by Crippen LogP contribution is 2.08. The molecule has 0 saturated carbocycles. The molecule has 0 heterocycles. The van der Waals surface area contributed by atoms with Crippen molar-refractivity contribution in [2.75, 3.05) is 6.54 Å². The van der Waals surface area contributed by atoms with Gasteiger partial charge in [-0.1, -0.05) is 6.92 Å². The Kier molecular flexibility index (Phi) is 5.41. The number of hydrogen-bond donors (Lipinski definition) is 2. The minimum Gasteiger partial charge on any atom is -0.481 e. The fourth-order valence-corrected chi connectivity index (χ4v) is 1.52. The normalized spacial score (nSPS) is 11.9. The number of carboxylic acid groups (broad SMARTS) is 1. The second-order valence-electron chi connectivity index (χ2n) is 4.30. The summed E-state index contributed by atoms with van der Waals surface area (Å²) in [6.07, 6.45) is 0.907. The van der Waals surface area contributed by atoms with Gasteiger partial charge in [-0.25, -0.2) is 8.78 Å². The van der Waals surface area contributed by atoms with Gasteiger partial charge in [0, 0.05) is 18.2 Å². The Labute approximate surface area is 109 Å². The molecule has 0 bridgehead atoms. The highest BCUT2D eigenvalue weighted by molar-refractivity contribution is 5.94. The molecule has 2 N–H and O–H groups in total. The van der Waals surface area contributed by atoms with Crippen LogP contribution in [0.25, 0.3) is 0 Å². The predicted octanol–water partition coefficient (Wildman–Crippen LogP) is 2.20. The van der Waals surface area contributed by atoms with Gasteiger partial charge in [0.2, 0.25) is 0 Å². The van der Waals surface area contributed by atoms with Crippen molar-refractivity contribution in [2.45, 2.75) is 19.8 Å². The van der Waals surface area contributed by atoms with Crippen molar-refractivity contribution in [3.05, 3.63) is 35.4 Å². The third-order valence-corrected chi connectivity index (χ3v) is 2.65. The Hall–Kier alpha value is -1.98. The van der Waals surface area contributed by atoms with Gasteiger partial charge >= 0.3 is 5.97 Å². The fraction of sp³-hybridized carbons (Fsp3) is 0.385. The molecule has 1 aromatic rings. The number of carboxylic acids is 1. The summed E-state index contributed by atoms with van der Waals surface area (Å²) < 4.78 is 25.8. The molecule has 0 aliphatic rings. The van der Waals surface area contributed by atoms with Crippen LogP contribution in [0, 0.1) is 17.6 Å². The smallest absolute Gasteiger partial charge is 0.306 e. The number of hydrogen-bond acceptors (Lipinski definition) is 2. The van der Waals surface area contributed by atoms with Gasteiger partial charge in [0.25, 0.3) is 5.91 Å². The largest absolute Gasteiger partial charge is 0.481 e. The van der Waals surface area contributed by atoms with E-state index in [4.69, 9.17) is 5.11 Å². The van der Waals surface area contributed by atoms with Gasteiger partial charge in [-0.3, -0.25) is 9.59 Å². The van der Waals surface area contributed by atoms with E-state index in [0.717, 1.165) is 12.1 Å². The van der Waals surface area contributed by atoms with Crippen LogP contribution >= 0.6 is 0 Å². The molecule has 19 heavy (non-hydrogen) atoms. The van der Waals surface area contributed by atoms with Crippen LogP contribution in [0.1, 0.15) is 30.1 Å². The lowest BCUT2D eigenvalue weighted by atomic mass is 10.1. The van der Waals surface area contributed by atoms with E-state index in [1.165, 1.54) is 0 Å². The lowest BCUT2D eigenvalue weighted by Crippen LogP contribution is -2.25. The van der Waals surface area contributed by atoms with Crippen LogP contribution in [0.2, 0.25) is 0 Å².